The lowest BCUT2D eigenvalue weighted by Gasteiger charge is -2.19. The third-order valence-corrected chi connectivity index (χ3v) is 6.10. The van der Waals surface area contributed by atoms with Crippen LogP contribution in [-0.2, 0) is 21.8 Å². The zero-order chi connectivity index (χ0) is 22.4. The third kappa shape index (κ3) is 5.54. The summed E-state index contributed by atoms with van der Waals surface area (Å²) in [5, 5.41) is 2.89. The van der Waals surface area contributed by atoms with Crippen molar-refractivity contribution in [2.45, 2.75) is 10.9 Å². The lowest BCUT2D eigenvalue weighted by Crippen LogP contribution is -2.31. The van der Waals surface area contributed by atoms with Gasteiger partial charge in [-0.2, -0.15) is 0 Å². The van der Waals surface area contributed by atoms with E-state index in [0.29, 0.717) is 11.4 Å². The molecule has 0 aliphatic rings. The van der Waals surface area contributed by atoms with Gasteiger partial charge in [0, 0.05) is 38.7 Å². The number of aryl methyl sites for hydroxylation is 1. The van der Waals surface area contributed by atoms with Crippen LogP contribution < -0.4 is 10.0 Å². The molecule has 3 rings (SSSR count). The number of benzene rings is 2. The van der Waals surface area contributed by atoms with Gasteiger partial charge in [0.25, 0.3) is 5.91 Å². The number of imidazole rings is 1. The fourth-order valence-corrected chi connectivity index (χ4v) is 3.98. The quantitative estimate of drug-likeness (QED) is 0.490. The summed E-state index contributed by atoms with van der Waals surface area (Å²) in [4.78, 5) is 17.2. The summed E-state index contributed by atoms with van der Waals surface area (Å²) in [7, 11) is -0.426. The Morgan fingerprint density at radius 1 is 1.16 bits per heavy atom. The van der Waals surface area contributed by atoms with Crippen LogP contribution in [0.4, 0.5) is 4.39 Å². The Morgan fingerprint density at radius 3 is 2.42 bits per heavy atom. The standard InChI is InChI=1S/C21H23FN4O4S/c1-26-13-11-23-20(26)19(15-3-7-17(22)8-4-15)25-21(27)16-5-9-18(10-6-16)31(28,29)24-12-14-30-2/h3-11,13,19,24H,12,14H2,1-2H3,(H,25,27). The lowest BCUT2D eigenvalue weighted by atomic mass is 10.1. The smallest absolute Gasteiger partial charge is 0.252 e. The normalized spacial score (nSPS) is 12.5. The first-order chi connectivity index (χ1) is 14.8. The second kappa shape index (κ2) is 9.82. The molecular formula is C21H23FN4O4S. The van der Waals surface area contributed by atoms with Gasteiger partial charge in [-0.25, -0.2) is 22.5 Å². The molecule has 164 valence electrons. The predicted molar refractivity (Wildman–Crippen MR) is 112 cm³/mol. The summed E-state index contributed by atoms with van der Waals surface area (Å²) in [6.07, 6.45) is 3.35. The summed E-state index contributed by atoms with van der Waals surface area (Å²) in [5.74, 6) is -0.236. The molecule has 2 aromatic carbocycles. The van der Waals surface area contributed by atoms with Crippen molar-refractivity contribution >= 4 is 15.9 Å². The first-order valence-electron chi connectivity index (χ1n) is 9.44. The van der Waals surface area contributed by atoms with Crippen molar-refractivity contribution < 1.29 is 22.3 Å². The highest BCUT2D eigenvalue weighted by Crippen LogP contribution is 2.22. The number of nitrogens with zero attached hydrogens (tertiary/aromatic N) is 2. The number of halogens is 1. The van der Waals surface area contributed by atoms with E-state index in [1.165, 1.54) is 43.5 Å². The number of methoxy groups -OCH3 is 1. The number of hydrogen-bond donors (Lipinski definition) is 2. The first-order valence-corrected chi connectivity index (χ1v) is 10.9. The van der Waals surface area contributed by atoms with E-state index in [9.17, 15) is 17.6 Å². The van der Waals surface area contributed by atoms with Crippen LogP contribution in [0.5, 0.6) is 0 Å². The number of sulfonamides is 1. The van der Waals surface area contributed by atoms with Crippen LogP contribution in [0.3, 0.4) is 0 Å². The molecule has 8 nitrogen and oxygen atoms in total. The number of hydrogen-bond acceptors (Lipinski definition) is 5. The van der Waals surface area contributed by atoms with Crippen LogP contribution in [0.15, 0.2) is 65.8 Å². The Labute approximate surface area is 180 Å². The van der Waals surface area contributed by atoms with Crippen LogP contribution in [0.1, 0.15) is 27.8 Å². The van der Waals surface area contributed by atoms with Crippen molar-refractivity contribution in [3.63, 3.8) is 0 Å². The number of ether oxygens (including phenoxy) is 1. The average Bonchev–Trinajstić information content (AvgIpc) is 3.18. The Kier molecular flexibility index (Phi) is 7.16. The molecule has 10 heteroatoms. The molecule has 0 aliphatic heterocycles. The zero-order valence-corrected chi connectivity index (χ0v) is 17.9. The van der Waals surface area contributed by atoms with Gasteiger partial charge in [0.05, 0.1) is 11.5 Å². The molecule has 3 aromatic rings. The van der Waals surface area contributed by atoms with Crippen LogP contribution in [0.25, 0.3) is 0 Å². The van der Waals surface area contributed by atoms with Crippen molar-refractivity contribution in [1.29, 1.82) is 0 Å². The molecule has 1 atom stereocenters. The largest absolute Gasteiger partial charge is 0.383 e. The minimum atomic E-state index is -3.70. The number of carbonyl (C=O) groups is 1. The topological polar surface area (TPSA) is 102 Å². The highest BCUT2D eigenvalue weighted by Gasteiger charge is 2.22. The van der Waals surface area contributed by atoms with Gasteiger partial charge < -0.3 is 14.6 Å². The lowest BCUT2D eigenvalue weighted by molar-refractivity contribution is 0.0941. The average molecular weight is 447 g/mol. The summed E-state index contributed by atoms with van der Waals surface area (Å²) in [5.41, 5.74) is 0.933. The van der Waals surface area contributed by atoms with Crippen molar-refractivity contribution in [3.05, 3.63) is 83.7 Å². The molecule has 0 spiro atoms. The molecule has 0 saturated carbocycles. The van der Waals surface area contributed by atoms with E-state index in [2.05, 4.69) is 15.0 Å². The molecule has 2 N–H and O–H groups in total. The maximum absolute atomic E-state index is 13.4. The summed E-state index contributed by atoms with van der Waals surface area (Å²) < 4.78 is 46.9. The maximum atomic E-state index is 13.4. The van der Waals surface area contributed by atoms with Gasteiger partial charge in [0.1, 0.15) is 17.7 Å². The minimum Gasteiger partial charge on any atom is -0.383 e. The second-order valence-electron chi connectivity index (χ2n) is 6.77. The monoisotopic (exact) mass is 446 g/mol. The van der Waals surface area contributed by atoms with Gasteiger partial charge in [-0.15, -0.1) is 0 Å². The van der Waals surface area contributed by atoms with Crippen molar-refractivity contribution in [2.24, 2.45) is 7.05 Å². The molecule has 0 saturated heterocycles. The van der Waals surface area contributed by atoms with Crippen molar-refractivity contribution in [1.82, 2.24) is 19.6 Å². The number of aromatic nitrogens is 2. The number of nitrogens with one attached hydrogen (secondary N) is 2. The number of rotatable bonds is 9. The van der Waals surface area contributed by atoms with E-state index in [-0.39, 0.29) is 29.4 Å². The fraction of sp³-hybridized carbons (Fsp3) is 0.238. The molecule has 0 radical (unpaired) electrons. The third-order valence-electron chi connectivity index (χ3n) is 4.62. The van der Waals surface area contributed by atoms with Gasteiger partial charge in [-0.3, -0.25) is 4.79 Å². The Hall–Kier alpha value is -3.08. The molecule has 1 heterocycles. The highest BCUT2D eigenvalue weighted by atomic mass is 32.2. The number of carbonyl (C=O) groups excluding carboxylic acids is 1. The van der Waals surface area contributed by atoms with Crippen LogP contribution in [-0.4, -0.2) is 44.1 Å². The Balaban J connectivity index is 1.80. The van der Waals surface area contributed by atoms with E-state index < -0.39 is 22.0 Å². The van der Waals surface area contributed by atoms with Gasteiger partial charge >= 0.3 is 0 Å². The predicted octanol–water partition coefficient (Wildman–Crippen LogP) is 2.00. The van der Waals surface area contributed by atoms with E-state index >= 15 is 0 Å². The molecule has 1 unspecified atom stereocenters. The van der Waals surface area contributed by atoms with Gasteiger partial charge in [-0.1, -0.05) is 12.1 Å². The van der Waals surface area contributed by atoms with Crippen molar-refractivity contribution in [3.8, 4) is 0 Å². The Bertz CT molecular complexity index is 1130. The van der Waals surface area contributed by atoms with E-state index in [0.717, 1.165) is 0 Å². The van der Waals surface area contributed by atoms with Gasteiger partial charge in [0.2, 0.25) is 10.0 Å². The molecule has 0 fully saturated rings. The molecule has 0 aliphatic carbocycles. The SMILES string of the molecule is COCCNS(=O)(=O)c1ccc(C(=O)NC(c2ccc(F)cc2)c2nccn2C)cc1. The molecule has 0 bridgehead atoms. The minimum absolute atomic E-state index is 0.0411. The van der Waals surface area contributed by atoms with E-state index in [1.54, 1.807) is 36.1 Å². The van der Waals surface area contributed by atoms with Crippen LogP contribution in [0.2, 0.25) is 0 Å². The fourth-order valence-electron chi connectivity index (χ4n) is 2.97. The van der Waals surface area contributed by atoms with Gasteiger partial charge in [-0.05, 0) is 42.0 Å². The van der Waals surface area contributed by atoms with E-state index in [1.807, 2.05) is 0 Å². The molecule has 1 amide bonds. The summed E-state index contributed by atoms with van der Waals surface area (Å²) >= 11 is 0. The Morgan fingerprint density at radius 2 is 1.84 bits per heavy atom. The molecule has 31 heavy (non-hydrogen) atoms. The number of amides is 1. The van der Waals surface area contributed by atoms with Crippen molar-refractivity contribution in [2.75, 3.05) is 20.3 Å². The summed E-state index contributed by atoms with van der Waals surface area (Å²) in [6.45, 7) is 0.391. The zero-order valence-electron chi connectivity index (χ0n) is 17.1. The highest BCUT2D eigenvalue weighted by molar-refractivity contribution is 7.89. The van der Waals surface area contributed by atoms with Gasteiger partial charge in [0.15, 0.2) is 0 Å². The molecular weight excluding hydrogens is 423 g/mol. The van der Waals surface area contributed by atoms with Crippen LogP contribution in [0, 0.1) is 5.82 Å². The first kappa shape index (κ1) is 22.6. The van der Waals surface area contributed by atoms with E-state index in [4.69, 9.17) is 4.74 Å². The summed E-state index contributed by atoms with van der Waals surface area (Å²) in [6, 6.07) is 10.7. The molecule has 1 aromatic heterocycles. The second-order valence-corrected chi connectivity index (χ2v) is 8.54. The maximum Gasteiger partial charge on any atom is 0.252 e. The van der Waals surface area contributed by atoms with Crippen LogP contribution >= 0.6 is 0 Å².